The molecule has 0 fully saturated rings. The lowest BCUT2D eigenvalue weighted by Gasteiger charge is -2.14. The Morgan fingerprint density at radius 3 is 2.24 bits per heavy atom. The van der Waals surface area contributed by atoms with E-state index in [1.807, 2.05) is 33.0 Å². The normalized spacial score (nSPS) is 11.6. The van der Waals surface area contributed by atoms with Crippen LogP contribution in [0.5, 0.6) is 0 Å². The van der Waals surface area contributed by atoms with Crippen LogP contribution in [0.25, 0.3) is 22.3 Å². The smallest absolute Gasteiger partial charge is 0.161 e. The van der Waals surface area contributed by atoms with Crippen molar-refractivity contribution in [2.24, 2.45) is 0 Å². The lowest BCUT2D eigenvalue weighted by molar-refractivity contribution is 0.884. The molecule has 0 radical (unpaired) electrons. The Labute approximate surface area is 150 Å². The van der Waals surface area contributed by atoms with Gasteiger partial charge in [0.15, 0.2) is 5.82 Å². The SMILES string of the molecule is C=CC.C=CC(C)c1c(C)nc(-c2c[nH]c3cc(C)ccc23)nc1C. The van der Waals surface area contributed by atoms with Gasteiger partial charge in [0.2, 0.25) is 0 Å². The van der Waals surface area contributed by atoms with Crippen molar-refractivity contribution in [1.82, 2.24) is 15.0 Å². The van der Waals surface area contributed by atoms with Crippen LogP contribution in [0.3, 0.4) is 0 Å². The molecule has 0 aliphatic carbocycles. The first-order valence-electron chi connectivity index (χ1n) is 8.55. The molecule has 0 aliphatic heterocycles. The highest BCUT2D eigenvalue weighted by molar-refractivity contribution is 5.94. The fraction of sp³-hybridized carbons (Fsp3) is 0.273. The summed E-state index contributed by atoms with van der Waals surface area (Å²) in [6, 6.07) is 6.39. The van der Waals surface area contributed by atoms with Crippen molar-refractivity contribution < 1.29 is 0 Å². The van der Waals surface area contributed by atoms with Gasteiger partial charge in [0, 0.05) is 45.5 Å². The van der Waals surface area contributed by atoms with Crippen LogP contribution in [0.15, 0.2) is 49.7 Å². The Bertz CT molecular complexity index is 880. The number of nitrogens with zero attached hydrogens (tertiary/aromatic N) is 2. The first kappa shape index (κ1) is 18.7. The topological polar surface area (TPSA) is 41.6 Å². The van der Waals surface area contributed by atoms with E-state index in [-0.39, 0.29) is 5.92 Å². The summed E-state index contributed by atoms with van der Waals surface area (Å²) in [7, 11) is 0. The second-order valence-electron chi connectivity index (χ2n) is 6.32. The number of aryl methyl sites for hydroxylation is 3. The van der Waals surface area contributed by atoms with Crippen LogP contribution < -0.4 is 0 Å². The van der Waals surface area contributed by atoms with Gasteiger partial charge in [0.05, 0.1) is 0 Å². The maximum absolute atomic E-state index is 4.74. The number of aromatic amines is 1. The van der Waals surface area contributed by atoms with Gasteiger partial charge in [-0.3, -0.25) is 0 Å². The minimum Gasteiger partial charge on any atom is -0.360 e. The zero-order valence-corrected chi connectivity index (χ0v) is 15.9. The molecule has 2 aromatic heterocycles. The van der Waals surface area contributed by atoms with Crippen molar-refractivity contribution in [2.75, 3.05) is 0 Å². The Morgan fingerprint density at radius 1 is 1.08 bits per heavy atom. The van der Waals surface area contributed by atoms with Crippen LogP contribution >= 0.6 is 0 Å². The molecule has 3 nitrogen and oxygen atoms in total. The van der Waals surface area contributed by atoms with E-state index < -0.39 is 0 Å². The maximum Gasteiger partial charge on any atom is 0.161 e. The van der Waals surface area contributed by atoms with Crippen molar-refractivity contribution in [2.45, 2.75) is 40.5 Å². The standard InChI is InChI=1S/C19H21N3.C3H6/c1-6-12(3)18-13(4)21-19(22-14(18)5)16-10-20-17-9-11(2)7-8-15(16)17;1-3-2/h6-10,12,20H,1H2,2-5H3;3H,1H2,2H3. The van der Waals surface area contributed by atoms with E-state index in [0.717, 1.165) is 33.7 Å². The van der Waals surface area contributed by atoms with Gasteiger partial charge in [-0.25, -0.2) is 9.97 Å². The number of hydrogen-bond acceptors (Lipinski definition) is 2. The lowest BCUT2D eigenvalue weighted by atomic mass is 9.98. The molecule has 25 heavy (non-hydrogen) atoms. The van der Waals surface area contributed by atoms with Gasteiger partial charge >= 0.3 is 0 Å². The third-order valence-electron chi connectivity index (χ3n) is 4.21. The van der Waals surface area contributed by atoms with E-state index >= 15 is 0 Å². The molecule has 0 bridgehead atoms. The van der Waals surface area contributed by atoms with E-state index in [0.29, 0.717) is 0 Å². The molecule has 1 atom stereocenters. The van der Waals surface area contributed by atoms with Crippen LogP contribution in [0.1, 0.15) is 42.3 Å². The number of fused-ring (bicyclic) bond motifs is 1. The monoisotopic (exact) mass is 333 g/mol. The van der Waals surface area contributed by atoms with Crippen molar-refractivity contribution in [3.8, 4) is 11.4 Å². The third kappa shape index (κ3) is 3.87. The number of allylic oxidation sites excluding steroid dienone is 2. The van der Waals surface area contributed by atoms with Crippen molar-refractivity contribution in [3.63, 3.8) is 0 Å². The van der Waals surface area contributed by atoms with Crippen molar-refractivity contribution in [3.05, 3.63) is 72.2 Å². The van der Waals surface area contributed by atoms with E-state index in [2.05, 4.69) is 50.2 Å². The quantitative estimate of drug-likeness (QED) is 0.594. The van der Waals surface area contributed by atoms with E-state index in [9.17, 15) is 0 Å². The molecule has 3 heteroatoms. The zero-order chi connectivity index (χ0) is 18.6. The summed E-state index contributed by atoms with van der Waals surface area (Å²) in [5, 5.41) is 1.16. The van der Waals surface area contributed by atoms with E-state index in [1.165, 1.54) is 11.1 Å². The first-order valence-corrected chi connectivity index (χ1v) is 8.55. The molecule has 0 aliphatic rings. The molecule has 130 valence electrons. The minimum absolute atomic E-state index is 0.264. The average Bonchev–Trinajstić information content (AvgIpc) is 2.97. The third-order valence-corrected chi connectivity index (χ3v) is 4.21. The second-order valence-corrected chi connectivity index (χ2v) is 6.32. The number of hydrogen-bond donors (Lipinski definition) is 1. The number of rotatable bonds is 3. The number of aromatic nitrogens is 3. The van der Waals surface area contributed by atoms with Gasteiger partial charge in [-0.15, -0.1) is 13.2 Å². The summed E-state index contributed by atoms with van der Waals surface area (Å²) in [6.07, 6.45) is 5.68. The molecule has 3 rings (SSSR count). The highest BCUT2D eigenvalue weighted by Gasteiger charge is 2.15. The Morgan fingerprint density at radius 2 is 1.68 bits per heavy atom. The molecule has 1 aromatic carbocycles. The van der Waals surface area contributed by atoms with Crippen molar-refractivity contribution >= 4 is 10.9 Å². The van der Waals surface area contributed by atoms with Gasteiger partial charge in [-0.2, -0.15) is 0 Å². The largest absolute Gasteiger partial charge is 0.360 e. The average molecular weight is 333 g/mol. The van der Waals surface area contributed by atoms with Crippen molar-refractivity contribution in [1.29, 1.82) is 0 Å². The van der Waals surface area contributed by atoms with Gasteiger partial charge in [-0.05, 0) is 39.3 Å². The van der Waals surface area contributed by atoms with Gasteiger partial charge in [0.25, 0.3) is 0 Å². The maximum atomic E-state index is 4.74. The van der Waals surface area contributed by atoms with E-state index in [1.54, 1.807) is 6.08 Å². The number of H-pyrrole nitrogens is 1. The molecule has 0 saturated carbocycles. The molecule has 0 spiro atoms. The second kappa shape index (κ2) is 7.93. The lowest BCUT2D eigenvalue weighted by Crippen LogP contribution is -2.04. The molecule has 0 saturated heterocycles. The molecule has 1 unspecified atom stereocenters. The summed E-state index contributed by atoms with van der Waals surface area (Å²) in [5.41, 5.74) is 6.64. The number of benzene rings is 1. The first-order chi connectivity index (χ1) is 11.9. The molecule has 3 aromatic rings. The predicted octanol–water partition coefficient (Wildman–Crippen LogP) is 6.03. The molecular weight excluding hydrogens is 306 g/mol. The molecule has 2 heterocycles. The Hall–Kier alpha value is -2.68. The zero-order valence-electron chi connectivity index (χ0n) is 15.9. The van der Waals surface area contributed by atoms with Gasteiger partial charge < -0.3 is 4.98 Å². The van der Waals surface area contributed by atoms with Crippen LogP contribution in [0, 0.1) is 20.8 Å². The summed E-state index contributed by atoms with van der Waals surface area (Å²) in [6.45, 7) is 17.4. The van der Waals surface area contributed by atoms with Gasteiger partial charge in [-0.1, -0.05) is 31.2 Å². The Kier molecular flexibility index (Phi) is 5.92. The van der Waals surface area contributed by atoms with Gasteiger partial charge in [0.1, 0.15) is 0 Å². The molecular formula is C22H27N3. The van der Waals surface area contributed by atoms with E-state index in [4.69, 9.17) is 9.97 Å². The fourth-order valence-electron chi connectivity index (χ4n) is 3.05. The number of nitrogens with one attached hydrogen (secondary N) is 1. The minimum atomic E-state index is 0.264. The molecule has 0 amide bonds. The highest BCUT2D eigenvalue weighted by Crippen LogP contribution is 2.29. The summed E-state index contributed by atoms with van der Waals surface area (Å²) in [4.78, 5) is 12.8. The Balaban J connectivity index is 0.000000701. The van der Waals surface area contributed by atoms with Crippen LogP contribution in [-0.4, -0.2) is 15.0 Å². The predicted molar refractivity (Wildman–Crippen MR) is 108 cm³/mol. The van der Waals surface area contributed by atoms with Crippen LogP contribution in [0.2, 0.25) is 0 Å². The van der Waals surface area contributed by atoms with Crippen LogP contribution in [0.4, 0.5) is 0 Å². The summed E-state index contributed by atoms with van der Waals surface area (Å²) < 4.78 is 0. The fourth-order valence-corrected chi connectivity index (χ4v) is 3.05. The summed E-state index contributed by atoms with van der Waals surface area (Å²) >= 11 is 0. The van der Waals surface area contributed by atoms with Crippen LogP contribution in [-0.2, 0) is 0 Å². The summed E-state index contributed by atoms with van der Waals surface area (Å²) in [5.74, 6) is 1.05. The highest BCUT2D eigenvalue weighted by atomic mass is 14.9. The molecule has 1 N–H and O–H groups in total.